The average Bonchev–Trinajstić information content (AvgIpc) is 2.61. The fourth-order valence-corrected chi connectivity index (χ4v) is 2.44. The van der Waals surface area contributed by atoms with E-state index in [4.69, 9.17) is 4.74 Å². The lowest BCUT2D eigenvalue weighted by Crippen LogP contribution is -2.40. The maximum absolute atomic E-state index is 12.3. The molecule has 6 nitrogen and oxygen atoms in total. The summed E-state index contributed by atoms with van der Waals surface area (Å²) in [6, 6.07) is 7.61. The number of nitrogens with one attached hydrogen (secondary N) is 3. The van der Waals surface area contributed by atoms with Crippen LogP contribution >= 0.6 is 24.0 Å². The minimum atomic E-state index is -0.258. The number of aliphatic imine (C=N–C) groups is 1. The van der Waals surface area contributed by atoms with Crippen molar-refractivity contribution in [1.29, 1.82) is 0 Å². The Morgan fingerprint density at radius 3 is 2.55 bits per heavy atom. The minimum Gasteiger partial charge on any atom is -0.381 e. The fourth-order valence-electron chi connectivity index (χ4n) is 2.44. The molecule has 0 saturated carbocycles. The maximum Gasteiger partial charge on any atom is 0.251 e. The first-order valence-corrected chi connectivity index (χ1v) is 10.2. The number of carbonyl (C=O) groups is 1. The number of rotatable bonds is 10. The molecule has 3 N–H and O–H groups in total. The van der Waals surface area contributed by atoms with Crippen molar-refractivity contribution in [3.8, 4) is 0 Å². The van der Waals surface area contributed by atoms with Crippen molar-refractivity contribution >= 4 is 35.8 Å². The minimum absolute atomic E-state index is 0. The molecule has 0 aliphatic carbocycles. The Morgan fingerprint density at radius 2 is 1.93 bits per heavy atom. The lowest BCUT2D eigenvalue weighted by molar-refractivity contribution is 0.0919. The van der Waals surface area contributed by atoms with Crippen molar-refractivity contribution < 1.29 is 9.53 Å². The lowest BCUT2D eigenvalue weighted by atomic mass is 10.1. The van der Waals surface area contributed by atoms with Crippen molar-refractivity contribution in [3.63, 3.8) is 0 Å². The van der Waals surface area contributed by atoms with E-state index in [1.54, 1.807) is 0 Å². The van der Waals surface area contributed by atoms with Gasteiger partial charge in [0.15, 0.2) is 5.96 Å². The SMILES string of the molecule is CCNC(=NCc1cccc(C(=O)NC(C)(C)C)c1)NCCCOCC(C)C.I. The van der Waals surface area contributed by atoms with Gasteiger partial charge in [-0.2, -0.15) is 0 Å². The molecule has 0 bridgehead atoms. The Morgan fingerprint density at radius 1 is 1.21 bits per heavy atom. The van der Waals surface area contributed by atoms with Crippen molar-refractivity contribution in [2.75, 3.05) is 26.3 Å². The maximum atomic E-state index is 12.3. The summed E-state index contributed by atoms with van der Waals surface area (Å²) in [4.78, 5) is 17.0. The van der Waals surface area contributed by atoms with Gasteiger partial charge in [0.1, 0.15) is 0 Å². The third kappa shape index (κ3) is 13.5. The molecule has 1 rings (SSSR count). The quantitative estimate of drug-likeness (QED) is 0.190. The molecule has 0 aliphatic heterocycles. The molecule has 1 aromatic rings. The van der Waals surface area contributed by atoms with Crippen molar-refractivity contribution in [3.05, 3.63) is 35.4 Å². The van der Waals surface area contributed by atoms with E-state index >= 15 is 0 Å². The summed E-state index contributed by atoms with van der Waals surface area (Å²) < 4.78 is 5.60. The summed E-state index contributed by atoms with van der Waals surface area (Å²) in [6.45, 7) is 15.9. The lowest BCUT2D eigenvalue weighted by Gasteiger charge is -2.20. The summed E-state index contributed by atoms with van der Waals surface area (Å²) in [5, 5.41) is 9.56. The average molecular weight is 518 g/mol. The van der Waals surface area contributed by atoms with E-state index < -0.39 is 0 Å². The van der Waals surface area contributed by atoms with Crippen LogP contribution < -0.4 is 16.0 Å². The van der Waals surface area contributed by atoms with Gasteiger partial charge in [0.25, 0.3) is 5.91 Å². The summed E-state index contributed by atoms with van der Waals surface area (Å²) in [5.74, 6) is 1.27. The van der Waals surface area contributed by atoms with E-state index in [2.05, 4.69) is 34.8 Å². The number of ether oxygens (including phenoxy) is 1. The zero-order chi connectivity index (χ0) is 21.0. The van der Waals surface area contributed by atoms with Crippen LogP contribution in [0.2, 0.25) is 0 Å². The summed E-state index contributed by atoms with van der Waals surface area (Å²) >= 11 is 0. The highest BCUT2D eigenvalue weighted by Crippen LogP contribution is 2.09. The zero-order valence-electron chi connectivity index (χ0n) is 18.8. The second-order valence-corrected chi connectivity index (χ2v) is 8.35. The smallest absolute Gasteiger partial charge is 0.251 e. The molecule has 1 aromatic carbocycles. The molecule has 0 heterocycles. The van der Waals surface area contributed by atoms with Crippen molar-refractivity contribution in [1.82, 2.24) is 16.0 Å². The second-order valence-electron chi connectivity index (χ2n) is 8.35. The van der Waals surface area contributed by atoms with Gasteiger partial charge in [0, 0.05) is 37.4 Å². The third-order valence-corrected chi connectivity index (χ3v) is 3.65. The predicted octanol–water partition coefficient (Wildman–Crippen LogP) is 3.95. The number of nitrogens with zero attached hydrogens (tertiary/aromatic N) is 1. The molecule has 0 spiro atoms. The van der Waals surface area contributed by atoms with Gasteiger partial charge < -0.3 is 20.7 Å². The number of hydrogen-bond acceptors (Lipinski definition) is 3. The van der Waals surface area contributed by atoms with Gasteiger partial charge in [0.2, 0.25) is 0 Å². The number of halogens is 1. The number of amides is 1. The van der Waals surface area contributed by atoms with Gasteiger partial charge >= 0.3 is 0 Å². The summed E-state index contributed by atoms with van der Waals surface area (Å²) in [5.41, 5.74) is 1.40. The van der Waals surface area contributed by atoms with Crippen LogP contribution in [0.4, 0.5) is 0 Å². The van der Waals surface area contributed by atoms with Gasteiger partial charge in [-0.05, 0) is 57.7 Å². The fraction of sp³-hybridized carbons (Fsp3) is 0.636. The van der Waals surface area contributed by atoms with Crippen LogP contribution in [0.5, 0.6) is 0 Å². The molecule has 0 radical (unpaired) electrons. The molecule has 0 fully saturated rings. The topological polar surface area (TPSA) is 74.8 Å². The van der Waals surface area contributed by atoms with E-state index in [-0.39, 0.29) is 35.4 Å². The molecule has 7 heteroatoms. The van der Waals surface area contributed by atoms with Gasteiger partial charge in [-0.1, -0.05) is 26.0 Å². The van der Waals surface area contributed by atoms with Crippen LogP contribution in [0.15, 0.2) is 29.3 Å². The Balaban J connectivity index is 0.00000784. The van der Waals surface area contributed by atoms with Gasteiger partial charge in [-0.3, -0.25) is 4.79 Å². The standard InChI is InChI=1S/C22H38N4O2.HI/c1-7-23-21(24-12-9-13-28-16-17(2)3)25-15-18-10-8-11-19(14-18)20(27)26-22(4,5)6;/h8,10-11,14,17H,7,9,12-13,15-16H2,1-6H3,(H,26,27)(H2,23,24,25);1H. The molecule has 0 aromatic heterocycles. The summed E-state index contributed by atoms with van der Waals surface area (Å²) in [6.07, 6.45) is 0.930. The van der Waals surface area contributed by atoms with E-state index in [9.17, 15) is 4.79 Å². The molecule has 29 heavy (non-hydrogen) atoms. The van der Waals surface area contributed by atoms with Gasteiger partial charge in [0.05, 0.1) is 6.54 Å². The Bertz CT molecular complexity index is 627. The molecule has 0 saturated heterocycles. The molecule has 0 unspecified atom stereocenters. The van der Waals surface area contributed by atoms with E-state index in [0.717, 1.165) is 44.2 Å². The first-order chi connectivity index (χ1) is 13.2. The highest BCUT2D eigenvalue weighted by Gasteiger charge is 2.15. The number of carbonyl (C=O) groups excluding carboxylic acids is 1. The monoisotopic (exact) mass is 518 g/mol. The van der Waals surface area contributed by atoms with Crippen LogP contribution in [-0.2, 0) is 11.3 Å². The normalized spacial score (nSPS) is 11.8. The van der Waals surface area contributed by atoms with Crippen LogP contribution in [0, 0.1) is 5.92 Å². The molecular formula is C22H39IN4O2. The van der Waals surface area contributed by atoms with E-state index in [1.807, 2.05) is 52.0 Å². The third-order valence-electron chi connectivity index (χ3n) is 3.65. The summed E-state index contributed by atoms with van der Waals surface area (Å²) in [7, 11) is 0. The molecular weight excluding hydrogens is 479 g/mol. The van der Waals surface area contributed by atoms with Crippen molar-refractivity contribution in [2.24, 2.45) is 10.9 Å². The van der Waals surface area contributed by atoms with Gasteiger partial charge in [-0.25, -0.2) is 4.99 Å². The Kier molecular flexibility index (Phi) is 13.9. The Labute approximate surface area is 193 Å². The predicted molar refractivity (Wildman–Crippen MR) is 132 cm³/mol. The zero-order valence-corrected chi connectivity index (χ0v) is 21.1. The Hall–Kier alpha value is -1.35. The molecule has 166 valence electrons. The van der Waals surface area contributed by atoms with Crippen LogP contribution in [0.1, 0.15) is 63.9 Å². The number of guanidine groups is 1. The first-order valence-electron chi connectivity index (χ1n) is 10.2. The van der Waals surface area contributed by atoms with E-state index in [1.165, 1.54) is 0 Å². The molecule has 0 aliphatic rings. The van der Waals surface area contributed by atoms with Crippen LogP contribution in [-0.4, -0.2) is 43.7 Å². The van der Waals surface area contributed by atoms with E-state index in [0.29, 0.717) is 18.0 Å². The van der Waals surface area contributed by atoms with Crippen LogP contribution in [0.25, 0.3) is 0 Å². The number of hydrogen-bond donors (Lipinski definition) is 3. The van der Waals surface area contributed by atoms with Gasteiger partial charge in [-0.15, -0.1) is 24.0 Å². The number of benzene rings is 1. The second kappa shape index (κ2) is 14.6. The highest BCUT2D eigenvalue weighted by molar-refractivity contribution is 14.0. The first kappa shape index (κ1) is 27.6. The highest BCUT2D eigenvalue weighted by atomic mass is 127. The largest absolute Gasteiger partial charge is 0.381 e. The molecule has 0 atom stereocenters. The molecule has 1 amide bonds. The van der Waals surface area contributed by atoms with Crippen LogP contribution in [0.3, 0.4) is 0 Å². The van der Waals surface area contributed by atoms with Crippen molar-refractivity contribution in [2.45, 2.75) is 60.0 Å².